The minimum atomic E-state index is -3.98. The first-order valence-electron chi connectivity index (χ1n) is 6.89. The van der Waals surface area contributed by atoms with Gasteiger partial charge in [-0.15, -0.1) is 5.10 Å². The Labute approximate surface area is 129 Å². The van der Waals surface area contributed by atoms with Gasteiger partial charge in [-0.3, -0.25) is 4.79 Å². The van der Waals surface area contributed by atoms with Crippen LogP contribution in [0, 0.1) is 0 Å². The average Bonchev–Trinajstić information content (AvgIpc) is 3.18. The summed E-state index contributed by atoms with van der Waals surface area (Å²) in [5.74, 6) is -0.0976. The molecule has 0 radical (unpaired) electrons. The van der Waals surface area contributed by atoms with Gasteiger partial charge in [-0.05, 0) is 33.6 Å². The third-order valence-electron chi connectivity index (χ3n) is 2.87. The van der Waals surface area contributed by atoms with Crippen molar-refractivity contribution in [3.8, 4) is 5.75 Å². The molecule has 0 aromatic carbocycles. The Morgan fingerprint density at radius 2 is 1.95 bits per heavy atom. The summed E-state index contributed by atoms with van der Waals surface area (Å²) in [6.07, 6.45) is 2.03. The second-order valence-corrected chi connectivity index (χ2v) is 7.66. The number of carbonyl (C=O) groups excluding carboxylic acids is 1. The number of hydrogen-bond acceptors (Lipinski definition) is 6. The molecule has 0 unspecified atom stereocenters. The largest absolute Gasteiger partial charge is 0.495 e. The number of amides is 1. The lowest BCUT2D eigenvalue weighted by molar-refractivity contribution is 0.0974. The lowest BCUT2D eigenvalue weighted by Crippen LogP contribution is -2.48. The van der Waals surface area contributed by atoms with E-state index in [1.54, 1.807) is 20.8 Å². The summed E-state index contributed by atoms with van der Waals surface area (Å²) < 4.78 is 33.1. The molecule has 0 bridgehead atoms. The maximum absolute atomic E-state index is 12.0. The molecule has 1 saturated carbocycles. The van der Waals surface area contributed by atoms with Crippen molar-refractivity contribution in [1.82, 2.24) is 19.6 Å². The van der Waals surface area contributed by atoms with Gasteiger partial charge < -0.3 is 4.74 Å². The Morgan fingerprint density at radius 3 is 2.45 bits per heavy atom. The summed E-state index contributed by atoms with van der Waals surface area (Å²) >= 11 is 0. The minimum Gasteiger partial charge on any atom is -0.495 e. The zero-order chi connectivity index (χ0) is 16.5. The topological polar surface area (TPSA) is 110 Å². The van der Waals surface area contributed by atoms with Crippen LogP contribution < -0.4 is 14.2 Å². The number of ether oxygens (including phenoxy) is 1. The molecule has 1 aromatic heterocycles. The van der Waals surface area contributed by atoms with Crippen molar-refractivity contribution in [2.75, 3.05) is 7.11 Å². The highest BCUT2D eigenvalue weighted by Crippen LogP contribution is 2.42. The fourth-order valence-corrected chi connectivity index (χ4v) is 3.11. The van der Waals surface area contributed by atoms with E-state index in [9.17, 15) is 13.2 Å². The number of hydrogen-bond donors (Lipinski definition) is 2. The van der Waals surface area contributed by atoms with Crippen LogP contribution in [-0.4, -0.2) is 37.2 Å². The van der Waals surface area contributed by atoms with Gasteiger partial charge >= 0.3 is 10.2 Å². The lowest BCUT2D eigenvalue weighted by Gasteiger charge is -2.20. The van der Waals surface area contributed by atoms with Gasteiger partial charge in [0.2, 0.25) is 0 Å². The number of rotatable bonds is 5. The molecular weight excluding hydrogens is 308 g/mol. The van der Waals surface area contributed by atoms with Crippen LogP contribution in [0.1, 0.15) is 55.7 Å². The molecule has 0 saturated heterocycles. The van der Waals surface area contributed by atoms with Crippen LogP contribution in [0.3, 0.4) is 0 Å². The quantitative estimate of drug-likeness (QED) is 0.824. The van der Waals surface area contributed by atoms with E-state index in [1.165, 1.54) is 13.2 Å². The van der Waals surface area contributed by atoms with Gasteiger partial charge in [0.1, 0.15) is 11.4 Å². The monoisotopic (exact) mass is 328 g/mol. The summed E-state index contributed by atoms with van der Waals surface area (Å²) in [5, 5.41) is 7.78. The third-order valence-corrected chi connectivity index (χ3v) is 4.21. The second-order valence-electron chi connectivity index (χ2n) is 6.24. The fraction of sp³-hybridized carbons (Fsp3) is 0.615. The fourth-order valence-electron chi connectivity index (χ4n) is 1.90. The molecule has 22 heavy (non-hydrogen) atoms. The number of nitrogens with one attached hydrogen (secondary N) is 2. The smallest absolute Gasteiger partial charge is 0.302 e. The van der Waals surface area contributed by atoms with Crippen molar-refractivity contribution in [3.05, 3.63) is 17.5 Å². The molecular formula is C13H20N4O4S. The minimum absolute atomic E-state index is 0.111. The van der Waals surface area contributed by atoms with E-state index in [4.69, 9.17) is 4.74 Å². The van der Waals surface area contributed by atoms with E-state index >= 15 is 0 Å². The first-order valence-corrected chi connectivity index (χ1v) is 8.37. The van der Waals surface area contributed by atoms with Gasteiger partial charge in [0.15, 0.2) is 5.69 Å². The molecule has 9 heteroatoms. The van der Waals surface area contributed by atoms with Gasteiger partial charge in [0.25, 0.3) is 5.91 Å². The number of nitrogens with zero attached hydrogens (tertiary/aromatic N) is 2. The van der Waals surface area contributed by atoms with E-state index in [2.05, 4.69) is 14.9 Å². The molecule has 1 fully saturated rings. The molecule has 2 N–H and O–H groups in total. The summed E-state index contributed by atoms with van der Waals surface area (Å²) in [6.45, 7) is 5.01. The van der Waals surface area contributed by atoms with Crippen molar-refractivity contribution in [2.24, 2.45) is 0 Å². The second kappa shape index (κ2) is 5.81. The number of methoxy groups -OCH3 is 1. The summed E-state index contributed by atoms with van der Waals surface area (Å²) in [5.41, 5.74) is -0.110. The van der Waals surface area contributed by atoms with Crippen molar-refractivity contribution < 1.29 is 17.9 Å². The van der Waals surface area contributed by atoms with Crippen molar-refractivity contribution in [2.45, 2.75) is 45.1 Å². The Hall–Kier alpha value is -1.74. The molecule has 1 aromatic rings. The van der Waals surface area contributed by atoms with E-state index in [0.717, 1.165) is 12.8 Å². The molecule has 122 valence electrons. The van der Waals surface area contributed by atoms with Crippen LogP contribution in [0.5, 0.6) is 5.75 Å². The molecule has 2 rings (SSSR count). The highest BCUT2D eigenvalue weighted by atomic mass is 32.2. The number of carbonyl (C=O) groups is 1. The summed E-state index contributed by atoms with van der Waals surface area (Å²) in [7, 11) is -2.50. The predicted octanol–water partition coefficient (Wildman–Crippen LogP) is 0.725. The molecule has 1 aliphatic carbocycles. The van der Waals surface area contributed by atoms with Crippen LogP contribution in [0.2, 0.25) is 0 Å². The molecule has 0 aliphatic heterocycles. The maximum atomic E-state index is 12.0. The first kappa shape index (κ1) is 16.6. The molecule has 1 heterocycles. The molecule has 0 spiro atoms. The van der Waals surface area contributed by atoms with Gasteiger partial charge in [-0.25, -0.2) is 4.72 Å². The lowest BCUT2D eigenvalue weighted by atomic mass is 10.1. The van der Waals surface area contributed by atoms with Gasteiger partial charge in [0.05, 0.1) is 7.11 Å². The van der Waals surface area contributed by atoms with Crippen molar-refractivity contribution >= 4 is 16.1 Å². The van der Waals surface area contributed by atoms with E-state index in [0.29, 0.717) is 17.4 Å². The standard InChI is InChI=1S/C13H20N4O4S/c1-13(2,3)17-22(19,20)16-12(18)9-7-10(21-4)11(15-14-9)8-5-6-8/h7-8,17H,5-6H2,1-4H3,(H,16,18). The molecule has 1 aliphatic rings. The summed E-state index contributed by atoms with van der Waals surface area (Å²) in [4.78, 5) is 12.0. The van der Waals surface area contributed by atoms with Crippen molar-refractivity contribution in [1.29, 1.82) is 0 Å². The Bertz CT molecular complexity index is 678. The van der Waals surface area contributed by atoms with E-state index in [-0.39, 0.29) is 5.69 Å². The maximum Gasteiger partial charge on any atom is 0.302 e. The van der Waals surface area contributed by atoms with Crippen LogP contribution >= 0.6 is 0 Å². The van der Waals surface area contributed by atoms with Crippen LogP contribution in [-0.2, 0) is 10.2 Å². The van der Waals surface area contributed by atoms with E-state index in [1.807, 2.05) is 4.72 Å². The van der Waals surface area contributed by atoms with Gasteiger partial charge in [-0.2, -0.15) is 18.2 Å². The van der Waals surface area contributed by atoms with Gasteiger partial charge in [0, 0.05) is 17.5 Å². The predicted molar refractivity (Wildman–Crippen MR) is 79.8 cm³/mol. The normalized spacial score (nSPS) is 15.5. The first-order chi connectivity index (χ1) is 10.1. The SMILES string of the molecule is COc1cc(C(=O)NS(=O)(=O)NC(C)(C)C)nnc1C1CC1. The highest BCUT2D eigenvalue weighted by Gasteiger charge is 2.30. The van der Waals surface area contributed by atoms with Crippen molar-refractivity contribution in [3.63, 3.8) is 0 Å². The zero-order valence-electron chi connectivity index (χ0n) is 13.0. The van der Waals surface area contributed by atoms with Crippen LogP contribution in [0.4, 0.5) is 0 Å². The summed E-state index contributed by atoms with van der Waals surface area (Å²) in [6, 6.07) is 1.41. The Morgan fingerprint density at radius 1 is 1.32 bits per heavy atom. The average molecular weight is 328 g/mol. The third kappa shape index (κ3) is 4.38. The molecule has 0 atom stereocenters. The number of aromatic nitrogens is 2. The highest BCUT2D eigenvalue weighted by molar-refractivity contribution is 7.88. The van der Waals surface area contributed by atoms with Crippen LogP contribution in [0.15, 0.2) is 6.07 Å². The van der Waals surface area contributed by atoms with E-state index < -0.39 is 21.7 Å². The molecule has 8 nitrogen and oxygen atoms in total. The Balaban J connectivity index is 2.16. The molecule has 1 amide bonds. The zero-order valence-corrected chi connectivity index (χ0v) is 13.8. The Kier molecular flexibility index (Phi) is 4.39. The van der Waals surface area contributed by atoms with Crippen LogP contribution in [0.25, 0.3) is 0 Å². The van der Waals surface area contributed by atoms with Gasteiger partial charge in [-0.1, -0.05) is 0 Å².